The molecule has 1 fully saturated rings. The number of ether oxygens (including phenoxy) is 1. The Morgan fingerprint density at radius 3 is 3.12 bits per heavy atom. The first-order chi connectivity index (χ1) is 7.74. The molecule has 1 saturated carbocycles. The van der Waals surface area contributed by atoms with Crippen molar-refractivity contribution >= 4 is 11.3 Å². The predicted molar refractivity (Wildman–Crippen MR) is 66.9 cm³/mol. The van der Waals surface area contributed by atoms with Crippen LogP contribution >= 0.6 is 11.3 Å². The molecule has 1 aromatic rings. The molecule has 1 aliphatic rings. The van der Waals surface area contributed by atoms with E-state index in [2.05, 4.69) is 16.8 Å². The van der Waals surface area contributed by atoms with E-state index in [1.807, 2.05) is 0 Å². The lowest BCUT2D eigenvalue weighted by Gasteiger charge is -2.39. The topological polar surface area (TPSA) is 29.5 Å². The van der Waals surface area contributed by atoms with Gasteiger partial charge in [0, 0.05) is 7.11 Å². The largest absolute Gasteiger partial charge is 0.387 e. The van der Waals surface area contributed by atoms with E-state index in [0.717, 1.165) is 32.1 Å². The second-order valence-electron chi connectivity index (χ2n) is 4.71. The van der Waals surface area contributed by atoms with Crippen molar-refractivity contribution in [2.24, 2.45) is 0 Å². The number of thiophene rings is 1. The Labute approximate surface area is 101 Å². The van der Waals surface area contributed by atoms with Crippen LogP contribution in [0.4, 0.5) is 0 Å². The average molecular weight is 240 g/mol. The van der Waals surface area contributed by atoms with Crippen molar-refractivity contribution in [3.8, 4) is 0 Å². The molecule has 1 N–H and O–H groups in total. The molecular weight excluding hydrogens is 220 g/mol. The van der Waals surface area contributed by atoms with Gasteiger partial charge in [-0.05, 0) is 48.1 Å². The van der Waals surface area contributed by atoms with Gasteiger partial charge in [-0.25, -0.2) is 0 Å². The van der Waals surface area contributed by atoms with Gasteiger partial charge in [0.1, 0.15) is 0 Å². The Hall–Kier alpha value is -0.380. The van der Waals surface area contributed by atoms with E-state index in [1.54, 1.807) is 18.4 Å². The SMILES string of the molecule is COC1CCCCC1(O)CCc1ccsc1. The first-order valence-corrected chi connectivity index (χ1v) is 6.95. The van der Waals surface area contributed by atoms with Crippen LogP contribution in [0.2, 0.25) is 0 Å². The van der Waals surface area contributed by atoms with Crippen molar-refractivity contribution in [3.05, 3.63) is 22.4 Å². The zero-order valence-electron chi connectivity index (χ0n) is 9.82. The van der Waals surface area contributed by atoms with Gasteiger partial charge in [0.2, 0.25) is 0 Å². The average Bonchev–Trinajstić information content (AvgIpc) is 2.80. The van der Waals surface area contributed by atoms with Crippen LogP contribution in [0.1, 0.15) is 37.7 Å². The van der Waals surface area contributed by atoms with Crippen LogP contribution in [-0.4, -0.2) is 23.9 Å². The minimum absolute atomic E-state index is 0.0277. The molecule has 2 nitrogen and oxygen atoms in total. The number of methoxy groups -OCH3 is 1. The van der Waals surface area contributed by atoms with Crippen molar-refractivity contribution in [2.45, 2.75) is 50.2 Å². The van der Waals surface area contributed by atoms with E-state index >= 15 is 0 Å². The van der Waals surface area contributed by atoms with Crippen molar-refractivity contribution in [3.63, 3.8) is 0 Å². The molecule has 3 heteroatoms. The minimum atomic E-state index is -0.602. The van der Waals surface area contributed by atoms with Crippen LogP contribution in [0, 0.1) is 0 Å². The Balaban J connectivity index is 1.94. The summed E-state index contributed by atoms with van der Waals surface area (Å²) >= 11 is 1.72. The Morgan fingerprint density at radius 1 is 1.56 bits per heavy atom. The molecule has 1 aliphatic carbocycles. The van der Waals surface area contributed by atoms with Crippen molar-refractivity contribution < 1.29 is 9.84 Å². The Morgan fingerprint density at radius 2 is 2.44 bits per heavy atom. The van der Waals surface area contributed by atoms with Crippen LogP contribution in [0.5, 0.6) is 0 Å². The molecule has 0 spiro atoms. The molecule has 1 heterocycles. The lowest BCUT2D eigenvalue weighted by atomic mass is 9.78. The van der Waals surface area contributed by atoms with Gasteiger partial charge in [-0.1, -0.05) is 12.8 Å². The van der Waals surface area contributed by atoms with Gasteiger partial charge >= 0.3 is 0 Å². The molecule has 0 aliphatic heterocycles. The highest BCUT2D eigenvalue weighted by Gasteiger charge is 2.38. The number of aliphatic hydroxyl groups is 1. The van der Waals surface area contributed by atoms with E-state index in [-0.39, 0.29) is 6.10 Å². The molecule has 16 heavy (non-hydrogen) atoms. The van der Waals surface area contributed by atoms with Gasteiger partial charge in [-0.15, -0.1) is 0 Å². The van der Waals surface area contributed by atoms with Crippen LogP contribution < -0.4 is 0 Å². The first-order valence-electron chi connectivity index (χ1n) is 6.01. The second kappa shape index (κ2) is 5.30. The lowest BCUT2D eigenvalue weighted by molar-refractivity contribution is -0.120. The summed E-state index contributed by atoms with van der Waals surface area (Å²) in [5, 5.41) is 14.9. The fourth-order valence-electron chi connectivity index (χ4n) is 2.61. The van der Waals surface area contributed by atoms with Gasteiger partial charge in [-0.2, -0.15) is 11.3 Å². The number of aryl methyl sites for hydroxylation is 1. The molecule has 0 bridgehead atoms. The molecule has 0 amide bonds. The highest BCUT2D eigenvalue weighted by atomic mass is 32.1. The molecule has 2 unspecified atom stereocenters. The number of rotatable bonds is 4. The molecule has 0 saturated heterocycles. The smallest absolute Gasteiger partial charge is 0.0911 e. The van der Waals surface area contributed by atoms with Crippen LogP contribution in [0.3, 0.4) is 0 Å². The molecular formula is C13H20O2S. The van der Waals surface area contributed by atoms with Gasteiger partial charge < -0.3 is 9.84 Å². The summed E-state index contributed by atoms with van der Waals surface area (Å²) in [6.45, 7) is 0. The number of hydrogen-bond donors (Lipinski definition) is 1. The Bertz CT molecular complexity index is 310. The van der Waals surface area contributed by atoms with Crippen LogP contribution in [0.25, 0.3) is 0 Å². The van der Waals surface area contributed by atoms with Gasteiger partial charge in [0.05, 0.1) is 11.7 Å². The maximum Gasteiger partial charge on any atom is 0.0911 e. The molecule has 1 aromatic heterocycles. The highest BCUT2D eigenvalue weighted by Crippen LogP contribution is 2.34. The third-order valence-corrected chi connectivity index (χ3v) is 4.37. The van der Waals surface area contributed by atoms with Crippen molar-refractivity contribution in [2.75, 3.05) is 7.11 Å². The number of hydrogen-bond acceptors (Lipinski definition) is 3. The first kappa shape index (κ1) is 12.1. The maximum atomic E-state index is 10.6. The van der Waals surface area contributed by atoms with Crippen LogP contribution in [-0.2, 0) is 11.2 Å². The van der Waals surface area contributed by atoms with E-state index in [1.165, 1.54) is 12.0 Å². The molecule has 0 aromatic carbocycles. The summed E-state index contributed by atoms with van der Waals surface area (Å²) in [6, 6.07) is 2.14. The molecule has 0 radical (unpaired) electrons. The van der Waals surface area contributed by atoms with E-state index < -0.39 is 5.60 Å². The zero-order valence-corrected chi connectivity index (χ0v) is 10.6. The lowest BCUT2D eigenvalue weighted by Crippen LogP contribution is -2.46. The molecule has 90 valence electrons. The van der Waals surface area contributed by atoms with Gasteiger partial charge in [0.15, 0.2) is 0 Å². The fraction of sp³-hybridized carbons (Fsp3) is 0.692. The van der Waals surface area contributed by atoms with E-state index in [0.29, 0.717) is 0 Å². The minimum Gasteiger partial charge on any atom is -0.387 e. The maximum absolute atomic E-state index is 10.6. The summed E-state index contributed by atoms with van der Waals surface area (Å²) in [7, 11) is 1.71. The summed E-state index contributed by atoms with van der Waals surface area (Å²) < 4.78 is 5.43. The highest BCUT2D eigenvalue weighted by molar-refractivity contribution is 7.07. The second-order valence-corrected chi connectivity index (χ2v) is 5.49. The van der Waals surface area contributed by atoms with Gasteiger partial charge in [-0.3, -0.25) is 0 Å². The fourth-order valence-corrected chi connectivity index (χ4v) is 3.31. The third-order valence-electron chi connectivity index (χ3n) is 3.64. The standard InChI is InChI=1S/C13H20O2S/c1-15-12-4-2-3-7-13(12,14)8-5-11-6-9-16-10-11/h6,9-10,12,14H,2-5,7-8H2,1H3. The summed E-state index contributed by atoms with van der Waals surface area (Å²) in [5.74, 6) is 0. The summed E-state index contributed by atoms with van der Waals surface area (Å²) in [4.78, 5) is 0. The molecule has 2 rings (SSSR count). The van der Waals surface area contributed by atoms with Crippen molar-refractivity contribution in [1.29, 1.82) is 0 Å². The Kier molecular flexibility index (Phi) is 4.00. The van der Waals surface area contributed by atoms with E-state index in [9.17, 15) is 5.11 Å². The predicted octanol–water partition coefficient (Wildman–Crippen LogP) is 3.00. The van der Waals surface area contributed by atoms with Crippen molar-refractivity contribution in [1.82, 2.24) is 0 Å². The summed E-state index contributed by atoms with van der Waals surface area (Å²) in [6.07, 6.45) is 5.99. The normalized spacial score (nSPS) is 30.5. The third kappa shape index (κ3) is 2.65. The molecule has 2 atom stereocenters. The van der Waals surface area contributed by atoms with Gasteiger partial charge in [0.25, 0.3) is 0 Å². The summed E-state index contributed by atoms with van der Waals surface area (Å²) in [5.41, 5.74) is 0.730. The zero-order chi connectivity index (χ0) is 11.4. The van der Waals surface area contributed by atoms with E-state index in [4.69, 9.17) is 4.74 Å². The quantitative estimate of drug-likeness (QED) is 0.876. The monoisotopic (exact) mass is 240 g/mol. The van der Waals surface area contributed by atoms with Crippen LogP contribution in [0.15, 0.2) is 16.8 Å².